The molecule has 10 nitrogen and oxygen atoms in total. The molecule has 14 heteroatoms. The largest absolute Gasteiger partial charge is 0.444 e. The topological polar surface area (TPSA) is 122 Å². The van der Waals surface area contributed by atoms with Crippen molar-refractivity contribution >= 4 is 61.6 Å². The normalized spacial score (nSPS) is 15.0. The van der Waals surface area contributed by atoms with Crippen molar-refractivity contribution in [2.24, 2.45) is 0 Å². The van der Waals surface area contributed by atoms with Gasteiger partial charge in [-0.3, -0.25) is 14.3 Å². The summed E-state index contributed by atoms with van der Waals surface area (Å²) in [5.41, 5.74) is -1.14. The van der Waals surface area contributed by atoms with E-state index in [0.717, 1.165) is 4.57 Å². The molecule has 4 rings (SSSR count). The summed E-state index contributed by atoms with van der Waals surface area (Å²) in [6.07, 6.45) is -0.370. The van der Waals surface area contributed by atoms with Gasteiger partial charge in [-0.1, -0.05) is 41.7 Å². The molecule has 0 bridgehead atoms. The Balaban J connectivity index is 1.63. The third-order valence-corrected chi connectivity index (χ3v) is 9.56. The highest BCUT2D eigenvalue weighted by molar-refractivity contribution is 7.91. The molecule has 1 fully saturated rings. The smallest absolute Gasteiger partial charge is 0.410 e. The zero-order valence-electron chi connectivity index (χ0n) is 23.1. The van der Waals surface area contributed by atoms with E-state index in [1.807, 2.05) is 20.8 Å². The van der Waals surface area contributed by atoms with Gasteiger partial charge in [0.25, 0.3) is 5.56 Å². The Kier molecular flexibility index (Phi) is 9.15. The summed E-state index contributed by atoms with van der Waals surface area (Å²) in [4.78, 5) is 45.3. The summed E-state index contributed by atoms with van der Waals surface area (Å²) in [6, 6.07) is 5.68. The Morgan fingerprint density at radius 2 is 1.68 bits per heavy atom. The van der Waals surface area contributed by atoms with Crippen LogP contribution in [0.1, 0.15) is 38.8 Å². The molecule has 1 saturated heterocycles. The van der Waals surface area contributed by atoms with Crippen LogP contribution < -0.4 is 11.2 Å². The molecule has 2 aromatic carbocycles. The fourth-order valence-corrected chi connectivity index (χ4v) is 6.52. The minimum absolute atomic E-state index is 0.00558. The number of sulfone groups is 1. The molecule has 1 aliphatic rings. The van der Waals surface area contributed by atoms with E-state index in [1.54, 1.807) is 4.90 Å². The van der Waals surface area contributed by atoms with Crippen molar-refractivity contribution in [2.75, 3.05) is 31.9 Å². The van der Waals surface area contributed by atoms with E-state index in [9.17, 15) is 22.8 Å². The molecule has 1 aliphatic heterocycles. The van der Waals surface area contributed by atoms with Gasteiger partial charge in [0.1, 0.15) is 5.60 Å². The number of hydrogen-bond donors (Lipinski definition) is 1. The van der Waals surface area contributed by atoms with Crippen LogP contribution in [0.2, 0.25) is 15.1 Å². The minimum atomic E-state index is -3.65. The van der Waals surface area contributed by atoms with Crippen LogP contribution in [0.5, 0.6) is 0 Å². The van der Waals surface area contributed by atoms with E-state index in [4.69, 9.17) is 39.5 Å². The quantitative estimate of drug-likeness (QED) is 0.418. The molecule has 1 amide bonds. The molecule has 1 N–H and O–H groups in total. The van der Waals surface area contributed by atoms with Crippen LogP contribution >= 0.6 is 34.8 Å². The Morgan fingerprint density at radius 1 is 1.02 bits per heavy atom. The number of piperazine rings is 1. The molecule has 0 aliphatic carbocycles. The van der Waals surface area contributed by atoms with Gasteiger partial charge < -0.3 is 14.6 Å². The SMILES string of the molecule is CCS(=O)(=O)c1ccc(Cl)cc1Cn1c(=O)[nH]c2c(Cl)c(CN3CCN(C(=O)OC(C)(C)C)CC3)c(Cl)cc2c1=O. The van der Waals surface area contributed by atoms with Crippen molar-refractivity contribution in [3.8, 4) is 0 Å². The van der Waals surface area contributed by atoms with Gasteiger partial charge in [-0.15, -0.1) is 0 Å². The highest BCUT2D eigenvalue weighted by atomic mass is 35.5. The molecule has 41 heavy (non-hydrogen) atoms. The highest BCUT2D eigenvalue weighted by Gasteiger charge is 2.27. The Labute approximate surface area is 252 Å². The van der Waals surface area contributed by atoms with E-state index in [-0.39, 0.29) is 54.8 Å². The van der Waals surface area contributed by atoms with Crippen LogP contribution in [0.4, 0.5) is 4.79 Å². The lowest BCUT2D eigenvalue weighted by Gasteiger charge is -2.35. The lowest BCUT2D eigenvalue weighted by Crippen LogP contribution is -2.49. The summed E-state index contributed by atoms with van der Waals surface area (Å²) in [5.74, 6) is -0.158. The van der Waals surface area contributed by atoms with E-state index in [2.05, 4.69) is 9.88 Å². The van der Waals surface area contributed by atoms with E-state index in [1.165, 1.54) is 31.2 Å². The Bertz CT molecular complexity index is 1720. The van der Waals surface area contributed by atoms with Crippen LogP contribution in [0.25, 0.3) is 10.9 Å². The maximum Gasteiger partial charge on any atom is 0.410 e. The van der Waals surface area contributed by atoms with Gasteiger partial charge >= 0.3 is 11.8 Å². The zero-order chi connectivity index (χ0) is 30.3. The number of nitrogens with zero attached hydrogens (tertiary/aromatic N) is 3. The summed E-state index contributed by atoms with van der Waals surface area (Å²) in [6.45, 7) is 8.97. The third-order valence-electron chi connectivity index (χ3n) is 6.74. The molecule has 1 aromatic heterocycles. The second kappa shape index (κ2) is 12.0. The van der Waals surface area contributed by atoms with Crippen molar-refractivity contribution < 1.29 is 17.9 Å². The van der Waals surface area contributed by atoms with Gasteiger partial charge in [0.05, 0.1) is 33.1 Å². The lowest BCUT2D eigenvalue weighted by molar-refractivity contribution is 0.0139. The molecule has 2 heterocycles. The average molecular weight is 646 g/mol. The molecule has 3 aromatic rings. The van der Waals surface area contributed by atoms with Crippen LogP contribution in [-0.2, 0) is 27.7 Å². The first-order chi connectivity index (χ1) is 19.1. The number of carbonyl (C=O) groups excluding carboxylic acids is 1. The molecule has 0 saturated carbocycles. The second-order valence-electron chi connectivity index (χ2n) is 10.8. The van der Waals surface area contributed by atoms with Crippen LogP contribution in [0.3, 0.4) is 0 Å². The van der Waals surface area contributed by atoms with Gasteiger partial charge in [0.2, 0.25) is 0 Å². The Morgan fingerprint density at radius 3 is 2.29 bits per heavy atom. The summed E-state index contributed by atoms with van der Waals surface area (Å²) >= 11 is 19.4. The summed E-state index contributed by atoms with van der Waals surface area (Å²) in [7, 11) is -3.65. The number of halogens is 3. The number of ether oxygens (including phenoxy) is 1. The van der Waals surface area contributed by atoms with Gasteiger partial charge in [-0.2, -0.15) is 0 Å². The predicted octanol–water partition coefficient (Wildman–Crippen LogP) is 4.54. The maximum atomic E-state index is 13.5. The van der Waals surface area contributed by atoms with Crippen molar-refractivity contribution in [2.45, 2.75) is 51.3 Å². The van der Waals surface area contributed by atoms with Crippen LogP contribution in [0.15, 0.2) is 38.8 Å². The number of benzene rings is 2. The predicted molar refractivity (Wildman–Crippen MR) is 160 cm³/mol. The van der Waals surface area contributed by atoms with E-state index < -0.39 is 26.7 Å². The number of fused-ring (bicyclic) bond motifs is 1. The number of H-pyrrole nitrogens is 1. The van der Waals surface area contributed by atoms with Gasteiger partial charge in [0.15, 0.2) is 9.84 Å². The molecule has 0 unspecified atom stereocenters. The zero-order valence-corrected chi connectivity index (χ0v) is 26.2. The number of rotatable bonds is 6. The summed E-state index contributed by atoms with van der Waals surface area (Å²) in [5, 5.41) is 0.730. The number of amides is 1. The third kappa shape index (κ3) is 6.91. The molecule has 0 atom stereocenters. The minimum Gasteiger partial charge on any atom is -0.444 e. The molecule has 222 valence electrons. The van der Waals surface area contributed by atoms with Crippen LogP contribution in [-0.4, -0.2) is 71.4 Å². The standard InChI is InChI=1S/C27H31Cl3N4O6S/c1-5-41(38,39)21-7-6-17(28)12-16(21)14-34-24(35)18-13-20(29)19(22(30)23(18)31-25(34)36)15-32-8-10-33(11-9-32)26(37)40-27(2,3)4/h6-7,12-13H,5,8-11,14-15H2,1-4H3,(H,31,36). The van der Waals surface area contributed by atoms with Gasteiger partial charge in [-0.05, 0) is 50.6 Å². The highest BCUT2D eigenvalue weighted by Crippen LogP contribution is 2.32. The molecule has 0 spiro atoms. The fraction of sp³-hybridized carbons (Fsp3) is 0.444. The first kappa shape index (κ1) is 31.4. The number of aromatic amines is 1. The van der Waals surface area contributed by atoms with Crippen molar-refractivity contribution in [1.82, 2.24) is 19.4 Å². The molecular weight excluding hydrogens is 615 g/mol. The lowest BCUT2D eigenvalue weighted by atomic mass is 10.1. The maximum absolute atomic E-state index is 13.5. The van der Waals surface area contributed by atoms with Crippen LogP contribution in [0, 0.1) is 0 Å². The number of nitrogens with one attached hydrogen (secondary N) is 1. The van der Waals surface area contributed by atoms with Gasteiger partial charge in [0, 0.05) is 48.3 Å². The van der Waals surface area contributed by atoms with Gasteiger partial charge in [-0.25, -0.2) is 18.0 Å². The average Bonchev–Trinajstić information content (AvgIpc) is 2.89. The summed E-state index contributed by atoms with van der Waals surface area (Å²) < 4.78 is 31.6. The monoisotopic (exact) mass is 644 g/mol. The van der Waals surface area contributed by atoms with Crippen molar-refractivity contribution in [3.05, 3.63) is 71.3 Å². The van der Waals surface area contributed by atoms with E-state index in [0.29, 0.717) is 38.3 Å². The number of hydrogen-bond acceptors (Lipinski definition) is 7. The molecule has 0 radical (unpaired) electrons. The first-order valence-electron chi connectivity index (χ1n) is 13.0. The van der Waals surface area contributed by atoms with E-state index >= 15 is 0 Å². The second-order valence-corrected chi connectivity index (χ2v) is 14.3. The first-order valence-corrected chi connectivity index (χ1v) is 15.7. The fourth-order valence-electron chi connectivity index (χ4n) is 4.59. The Hall–Kier alpha value is -2.57. The number of carbonyl (C=O) groups is 1. The molecular formula is C27H31Cl3N4O6S. The number of aromatic nitrogens is 2. The van der Waals surface area contributed by atoms with Crippen molar-refractivity contribution in [3.63, 3.8) is 0 Å². The van der Waals surface area contributed by atoms with Crippen molar-refractivity contribution in [1.29, 1.82) is 0 Å².